The molecule has 0 saturated heterocycles. The van der Waals surface area contributed by atoms with Crippen LogP contribution < -0.4 is 0 Å². The molecule has 1 fully saturated rings. The summed E-state index contributed by atoms with van der Waals surface area (Å²) in [4.78, 5) is 15.8. The summed E-state index contributed by atoms with van der Waals surface area (Å²) in [5, 5.41) is 0.438. The van der Waals surface area contributed by atoms with Gasteiger partial charge in [-0.15, -0.1) is 0 Å². The lowest BCUT2D eigenvalue weighted by Gasteiger charge is -2.06. The van der Waals surface area contributed by atoms with E-state index in [0.29, 0.717) is 10.7 Å². The molecular weight excluding hydrogens is 198 g/mol. The van der Waals surface area contributed by atoms with Gasteiger partial charge in [-0.05, 0) is 25.0 Å². The van der Waals surface area contributed by atoms with Gasteiger partial charge in [-0.2, -0.15) is 0 Å². The summed E-state index contributed by atoms with van der Waals surface area (Å²) in [6.07, 6.45) is 5.99. The third kappa shape index (κ3) is 1.95. The van der Waals surface area contributed by atoms with Gasteiger partial charge in [0.05, 0.1) is 0 Å². The number of nitrogens with zero attached hydrogens (tertiary/aromatic N) is 1. The first kappa shape index (κ1) is 9.66. The molecule has 74 valence electrons. The number of rotatable bonds is 2. The van der Waals surface area contributed by atoms with Crippen LogP contribution in [0.1, 0.15) is 36.0 Å². The summed E-state index contributed by atoms with van der Waals surface area (Å²) in [7, 11) is 0. The minimum Gasteiger partial charge on any atom is -0.294 e. The fourth-order valence-electron chi connectivity index (χ4n) is 1.95. The van der Waals surface area contributed by atoms with E-state index in [9.17, 15) is 4.79 Å². The average Bonchev–Trinajstić information content (AvgIpc) is 2.71. The number of hydrogen-bond donors (Lipinski definition) is 0. The molecule has 0 aliphatic heterocycles. The van der Waals surface area contributed by atoms with E-state index in [4.69, 9.17) is 11.6 Å². The number of ketones is 1. The lowest BCUT2D eigenvalue weighted by atomic mass is 9.98. The topological polar surface area (TPSA) is 30.0 Å². The van der Waals surface area contributed by atoms with Gasteiger partial charge in [0.2, 0.25) is 0 Å². The van der Waals surface area contributed by atoms with Crippen LogP contribution >= 0.6 is 11.6 Å². The van der Waals surface area contributed by atoms with Crippen molar-refractivity contribution in [3.8, 4) is 0 Å². The van der Waals surface area contributed by atoms with E-state index in [0.717, 1.165) is 12.8 Å². The molecule has 1 heterocycles. The molecular formula is C11H12ClNO. The van der Waals surface area contributed by atoms with Crippen molar-refractivity contribution in [1.29, 1.82) is 0 Å². The van der Waals surface area contributed by atoms with Gasteiger partial charge >= 0.3 is 0 Å². The highest BCUT2D eigenvalue weighted by Gasteiger charge is 2.23. The highest BCUT2D eigenvalue weighted by molar-refractivity contribution is 6.29. The van der Waals surface area contributed by atoms with Crippen LogP contribution in [-0.2, 0) is 0 Å². The Bertz CT molecular complexity index is 328. The van der Waals surface area contributed by atoms with E-state index in [1.54, 1.807) is 18.3 Å². The summed E-state index contributed by atoms with van der Waals surface area (Å²) in [5.74, 6) is 0.449. The maximum atomic E-state index is 11.9. The van der Waals surface area contributed by atoms with Crippen molar-refractivity contribution < 1.29 is 4.79 Å². The van der Waals surface area contributed by atoms with Gasteiger partial charge in [0.25, 0.3) is 0 Å². The predicted molar refractivity (Wildman–Crippen MR) is 55.5 cm³/mol. The number of hydrogen-bond acceptors (Lipinski definition) is 2. The molecule has 0 spiro atoms. The van der Waals surface area contributed by atoms with Crippen molar-refractivity contribution in [2.75, 3.05) is 0 Å². The van der Waals surface area contributed by atoms with E-state index in [2.05, 4.69) is 4.98 Å². The van der Waals surface area contributed by atoms with E-state index < -0.39 is 0 Å². The maximum Gasteiger partial charge on any atom is 0.167 e. The second-order valence-electron chi connectivity index (χ2n) is 3.72. The number of carbonyl (C=O) groups excluding carboxylic acids is 1. The lowest BCUT2D eigenvalue weighted by molar-refractivity contribution is 0.0922. The minimum absolute atomic E-state index is 0.220. The fraction of sp³-hybridized carbons (Fsp3) is 0.455. The summed E-state index contributed by atoms with van der Waals surface area (Å²) in [6.45, 7) is 0. The molecule has 3 heteroatoms. The van der Waals surface area contributed by atoms with Crippen molar-refractivity contribution in [2.24, 2.45) is 5.92 Å². The first-order chi connectivity index (χ1) is 6.77. The van der Waals surface area contributed by atoms with E-state index >= 15 is 0 Å². The van der Waals surface area contributed by atoms with Gasteiger partial charge < -0.3 is 0 Å². The molecule has 1 aliphatic carbocycles. The molecule has 0 amide bonds. The minimum atomic E-state index is 0.220. The quantitative estimate of drug-likeness (QED) is 0.554. The molecule has 0 unspecified atom stereocenters. The number of aromatic nitrogens is 1. The number of Topliss-reactive ketones (excluding diaryl/α,β-unsaturated/α-hetero) is 1. The Balaban J connectivity index is 2.14. The highest BCUT2D eigenvalue weighted by Crippen LogP contribution is 2.27. The summed E-state index contributed by atoms with van der Waals surface area (Å²) in [6, 6.07) is 3.43. The zero-order chi connectivity index (χ0) is 9.97. The van der Waals surface area contributed by atoms with E-state index in [1.807, 2.05) is 0 Å². The van der Waals surface area contributed by atoms with Crippen LogP contribution in [0.4, 0.5) is 0 Å². The first-order valence-electron chi connectivity index (χ1n) is 4.93. The third-order valence-corrected chi connectivity index (χ3v) is 2.96. The Labute approximate surface area is 88.3 Å². The average molecular weight is 210 g/mol. The van der Waals surface area contributed by atoms with Crippen molar-refractivity contribution in [3.05, 3.63) is 29.0 Å². The van der Waals surface area contributed by atoms with Crippen molar-refractivity contribution in [3.63, 3.8) is 0 Å². The smallest absolute Gasteiger partial charge is 0.167 e. The van der Waals surface area contributed by atoms with Crippen LogP contribution in [0.3, 0.4) is 0 Å². The molecule has 0 bridgehead atoms. The Morgan fingerprint density at radius 2 is 2.07 bits per heavy atom. The van der Waals surface area contributed by atoms with Gasteiger partial charge in [-0.3, -0.25) is 4.79 Å². The zero-order valence-electron chi connectivity index (χ0n) is 7.87. The molecule has 14 heavy (non-hydrogen) atoms. The van der Waals surface area contributed by atoms with Gasteiger partial charge in [-0.1, -0.05) is 24.4 Å². The largest absolute Gasteiger partial charge is 0.294 e. The van der Waals surface area contributed by atoms with Crippen molar-refractivity contribution in [1.82, 2.24) is 4.98 Å². The SMILES string of the molecule is O=C(c1ccc(Cl)nc1)C1CCCC1. The first-order valence-corrected chi connectivity index (χ1v) is 5.31. The highest BCUT2D eigenvalue weighted by atomic mass is 35.5. The van der Waals surface area contributed by atoms with Gasteiger partial charge in [-0.25, -0.2) is 4.98 Å². The Morgan fingerprint density at radius 3 is 2.64 bits per heavy atom. The summed E-state index contributed by atoms with van der Waals surface area (Å²) in [5.41, 5.74) is 0.696. The van der Waals surface area contributed by atoms with Crippen molar-refractivity contribution >= 4 is 17.4 Å². The van der Waals surface area contributed by atoms with Crippen LogP contribution in [0.15, 0.2) is 18.3 Å². The van der Waals surface area contributed by atoms with Crippen LogP contribution in [0.2, 0.25) is 5.15 Å². The molecule has 0 atom stereocenters. The fourth-order valence-corrected chi connectivity index (χ4v) is 2.06. The number of carbonyl (C=O) groups is 1. The van der Waals surface area contributed by atoms with E-state index in [1.165, 1.54) is 12.8 Å². The summed E-state index contributed by atoms with van der Waals surface area (Å²) >= 11 is 5.65. The molecule has 1 aromatic heterocycles. The standard InChI is InChI=1S/C11H12ClNO/c12-10-6-5-9(7-13-10)11(14)8-3-1-2-4-8/h5-8H,1-4H2. The molecule has 2 nitrogen and oxygen atoms in total. The molecule has 0 N–H and O–H groups in total. The molecule has 1 saturated carbocycles. The van der Waals surface area contributed by atoms with Crippen LogP contribution in [0.25, 0.3) is 0 Å². The lowest BCUT2D eigenvalue weighted by Crippen LogP contribution is -2.10. The molecule has 0 aromatic carbocycles. The Kier molecular flexibility index (Phi) is 2.82. The zero-order valence-corrected chi connectivity index (χ0v) is 8.63. The maximum absolute atomic E-state index is 11.9. The van der Waals surface area contributed by atoms with E-state index in [-0.39, 0.29) is 11.7 Å². The predicted octanol–water partition coefficient (Wildman–Crippen LogP) is 3.11. The molecule has 1 aliphatic rings. The van der Waals surface area contributed by atoms with Gasteiger partial charge in [0.1, 0.15) is 5.15 Å². The van der Waals surface area contributed by atoms with Crippen molar-refractivity contribution in [2.45, 2.75) is 25.7 Å². The summed E-state index contributed by atoms with van der Waals surface area (Å²) < 4.78 is 0. The monoisotopic (exact) mass is 209 g/mol. The van der Waals surface area contributed by atoms with Gasteiger partial charge in [0, 0.05) is 17.7 Å². The Hall–Kier alpha value is -0.890. The third-order valence-electron chi connectivity index (χ3n) is 2.74. The Morgan fingerprint density at radius 1 is 1.36 bits per heavy atom. The number of halogens is 1. The molecule has 0 radical (unpaired) electrons. The second kappa shape index (κ2) is 4.09. The van der Waals surface area contributed by atoms with Crippen LogP contribution in [-0.4, -0.2) is 10.8 Å². The second-order valence-corrected chi connectivity index (χ2v) is 4.10. The van der Waals surface area contributed by atoms with Gasteiger partial charge in [0.15, 0.2) is 5.78 Å². The van der Waals surface area contributed by atoms with Crippen LogP contribution in [0.5, 0.6) is 0 Å². The normalized spacial score (nSPS) is 17.2. The van der Waals surface area contributed by atoms with Crippen LogP contribution in [0, 0.1) is 5.92 Å². The molecule has 2 rings (SSSR count). The molecule has 1 aromatic rings. The number of pyridine rings is 1.